The first-order chi connectivity index (χ1) is 7.93. The van der Waals surface area contributed by atoms with E-state index in [0.29, 0.717) is 6.54 Å². The lowest BCUT2D eigenvalue weighted by Crippen LogP contribution is -1.94. The van der Waals surface area contributed by atoms with E-state index in [2.05, 4.69) is 0 Å². The minimum absolute atomic E-state index is 0.640. The second kappa shape index (κ2) is 9.35. The summed E-state index contributed by atoms with van der Waals surface area (Å²) in [7, 11) is -9.28. The van der Waals surface area contributed by atoms with Crippen molar-refractivity contribution in [3.63, 3.8) is 0 Å². The van der Waals surface area contributed by atoms with Gasteiger partial charge in [-0.05, 0) is 5.56 Å². The van der Waals surface area contributed by atoms with E-state index in [-0.39, 0.29) is 0 Å². The monoisotopic (exact) mass is 303 g/mol. The Hall–Kier alpha value is -0.600. The Kier molecular flexibility index (Phi) is 10.2. The molecule has 0 aliphatic heterocycles. The largest absolute Gasteiger partial charge is 0.466 e. The summed E-state index contributed by atoms with van der Waals surface area (Å²) in [5.41, 5.74) is 6.54. The summed E-state index contributed by atoms with van der Waals surface area (Å²) in [6, 6.07) is 9.99. The summed E-state index contributed by atoms with van der Waals surface area (Å²) in [5, 5.41) is 0. The molecule has 0 saturated carbocycles. The van der Waals surface area contributed by atoms with Gasteiger partial charge in [0, 0.05) is 6.54 Å². The number of hydrogen-bond donors (Lipinski definition) is 7. The van der Waals surface area contributed by atoms with E-state index >= 15 is 0 Å². The van der Waals surface area contributed by atoms with Crippen LogP contribution < -0.4 is 5.73 Å². The molecular formula is C7H15NO8P2. The molecule has 0 bridgehead atoms. The molecule has 0 unspecified atom stereocenters. The molecular weight excluding hydrogens is 288 g/mol. The van der Waals surface area contributed by atoms with Crippen LogP contribution in [0.5, 0.6) is 0 Å². The van der Waals surface area contributed by atoms with Gasteiger partial charge in [0.2, 0.25) is 0 Å². The van der Waals surface area contributed by atoms with Gasteiger partial charge in [-0.2, -0.15) is 0 Å². The van der Waals surface area contributed by atoms with Crippen molar-refractivity contribution >= 4 is 15.6 Å². The van der Waals surface area contributed by atoms with Gasteiger partial charge in [-0.1, -0.05) is 30.3 Å². The Labute approximate surface area is 103 Å². The molecule has 11 heteroatoms. The summed E-state index contributed by atoms with van der Waals surface area (Å²) in [5.74, 6) is 0. The SMILES string of the molecule is NCc1ccccc1.O=P(O)(O)O.O=P(O)(O)O. The fraction of sp³-hybridized carbons (Fsp3) is 0.143. The van der Waals surface area contributed by atoms with Crippen LogP contribution in [0.2, 0.25) is 0 Å². The van der Waals surface area contributed by atoms with Crippen molar-refractivity contribution in [3.05, 3.63) is 35.9 Å². The van der Waals surface area contributed by atoms with Crippen molar-refractivity contribution in [2.75, 3.05) is 0 Å². The fourth-order valence-electron chi connectivity index (χ4n) is 0.614. The Balaban J connectivity index is 0. The van der Waals surface area contributed by atoms with E-state index in [9.17, 15) is 0 Å². The molecule has 0 aliphatic rings. The number of nitrogens with two attached hydrogens (primary N) is 1. The lowest BCUT2D eigenvalue weighted by atomic mass is 10.2. The topological polar surface area (TPSA) is 182 Å². The standard InChI is InChI=1S/C7H9N.2H3O4P/c8-6-7-4-2-1-3-5-7;2*1-5(2,3)4/h1-5H,6,8H2;2*(H3,1,2,3,4). The van der Waals surface area contributed by atoms with Crippen LogP contribution in [-0.4, -0.2) is 29.4 Å². The van der Waals surface area contributed by atoms with Crippen LogP contribution in [0.25, 0.3) is 0 Å². The Bertz CT molecular complexity index is 363. The van der Waals surface area contributed by atoms with Crippen molar-refractivity contribution in [1.29, 1.82) is 0 Å². The maximum absolute atomic E-state index is 8.88. The summed E-state index contributed by atoms with van der Waals surface area (Å²) in [4.78, 5) is 43.1. The van der Waals surface area contributed by atoms with Gasteiger partial charge in [-0.15, -0.1) is 0 Å². The van der Waals surface area contributed by atoms with Crippen LogP contribution >= 0.6 is 15.6 Å². The van der Waals surface area contributed by atoms with E-state index < -0.39 is 15.6 Å². The number of benzene rings is 1. The molecule has 1 aromatic carbocycles. The molecule has 0 heterocycles. The van der Waals surface area contributed by atoms with Gasteiger partial charge in [0.15, 0.2) is 0 Å². The summed E-state index contributed by atoms with van der Waals surface area (Å²) in [6.07, 6.45) is 0. The van der Waals surface area contributed by atoms with Crippen LogP contribution in [0, 0.1) is 0 Å². The van der Waals surface area contributed by atoms with Crippen molar-refractivity contribution in [2.45, 2.75) is 6.54 Å². The Morgan fingerprint density at radius 2 is 1.11 bits per heavy atom. The second-order valence-electron chi connectivity index (χ2n) is 2.72. The quantitative estimate of drug-likeness (QED) is 0.329. The van der Waals surface area contributed by atoms with Crippen LogP contribution in [0.1, 0.15) is 5.56 Å². The zero-order valence-electron chi connectivity index (χ0n) is 9.07. The van der Waals surface area contributed by atoms with Gasteiger partial charge in [0.25, 0.3) is 0 Å². The highest BCUT2D eigenvalue weighted by molar-refractivity contribution is 7.45. The molecule has 106 valence electrons. The first-order valence-corrected chi connectivity index (χ1v) is 7.37. The molecule has 8 N–H and O–H groups in total. The van der Waals surface area contributed by atoms with Gasteiger partial charge in [-0.25, -0.2) is 9.13 Å². The first kappa shape index (κ1) is 19.7. The first-order valence-electron chi connectivity index (χ1n) is 4.24. The van der Waals surface area contributed by atoms with Gasteiger partial charge in [0.1, 0.15) is 0 Å². The van der Waals surface area contributed by atoms with Crippen molar-refractivity contribution in [3.8, 4) is 0 Å². The lowest BCUT2D eigenvalue weighted by molar-refractivity contribution is 0.272. The minimum Gasteiger partial charge on any atom is -0.326 e. The smallest absolute Gasteiger partial charge is 0.326 e. The highest BCUT2D eigenvalue weighted by Crippen LogP contribution is 2.26. The summed E-state index contributed by atoms with van der Waals surface area (Å²) < 4.78 is 17.8. The molecule has 9 nitrogen and oxygen atoms in total. The molecule has 0 radical (unpaired) electrons. The number of phosphoric acid groups is 2. The van der Waals surface area contributed by atoms with E-state index in [4.69, 9.17) is 44.2 Å². The third-order valence-corrected chi connectivity index (χ3v) is 1.08. The van der Waals surface area contributed by atoms with Gasteiger partial charge < -0.3 is 35.1 Å². The molecule has 0 spiro atoms. The van der Waals surface area contributed by atoms with E-state index in [1.165, 1.54) is 5.56 Å². The molecule has 0 aliphatic carbocycles. The van der Waals surface area contributed by atoms with Crippen LogP contribution in [0.4, 0.5) is 0 Å². The third kappa shape index (κ3) is 36.1. The molecule has 1 aromatic rings. The third-order valence-electron chi connectivity index (χ3n) is 1.08. The Morgan fingerprint density at radius 3 is 1.28 bits per heavy atom. The maximum Gasteiger partial charge on any atom is 0.466 e. The van der Waals surface area contributed by atoms with Crippen molar-refractivity contribution < 1.29 is 38.5 Å². The number of rotatable bonds is 1. The predicted octanol–water partition coefficient (Wildman–Crippen LogP) is -0.712. The van der Waals surface area contributed by atoms with Crippen LogP contribution in [0.3, 0.4) is 0 Å². The average molecular weight is 303 g/mol. The molecule has 0 atom stereocenters. The maximum atomic E-state index is 8.88. The van der Waals surface area contributed by atoms with E-state index in [1.807, 2.05) is 30.3 Å². The molecule has 1 rings (SSSR count). The van der Waals surface area contributed by atoms with Crippen molar-refractivity contribution in [2.24, 2.45) is 5.73 Å². The highest BCUT2D eigenvalue weighted by Gasteiger charge is 2.00. The highest BCUT2D eigenvalue weighted by atomic mass is 31.2. The van der Waals surface area contributed by atoms with E-state index in [0.717, 1.165) is 0 Å². The lowest BCUT2D eigenvalue weighted by Gasteiger charge is -1.90. The van der Waals surface area contributed by atoms with Crippen LogP contribution in [-0.2, 0) is 15.7 Å². The van der Waals surface area contributed by atoms with Crippen molar-refractivity contribution in [1.82, 2.24) is 0 Å². The van der Waals surface area contributed by atoms with Gasteiger partial charge in [-0.3, -0.25) is 0 Å². The fourth-order valence-corrected chi connectivity index (χ4v) is 0.614. The second-order valence-corrected chi connectivity index (χ2v) is 4.77. The zero-order valence-corrected chi connectivity index (χ0v) is 10.9. The summed E-state index contributed by atoms with van der Waals surface area (Å²) in [6.45, 7) is 0.640. The predicted molar refractivity (Wildman–Crippen MR) is 62.9 cm³/mol. The normalized spacial score (nSPS) is 10.6. The molecule has 0 fully saturated rings. The Morgan fingerprint density at radius 1 is 0.833 bits per heavy atom. The molecule has 0 saturated heterocycles. The minimum atomic E-state index is -4.64. The zero-order chi connectivity index (χ0) is 14.8. The van der Waals surface area contributed by atoms with E-state index in [1.54, 1.807) is 0 Å². The number of hydrogen-bond acceptors (Lipinski definition) is 3. The summed E-state index contributed by atoms with van der Waals surface area (Å²) >= 11 is 0. The molecule has 18 heavy (non-hydrogen) atoms. The van der Waals surface area contributed by atoms with Crippen LogP contribution in [0.15, 0.2) is 30.3 Å². The molecule has 0 aromatic heterocycles. The average Bonchev–Trinajstić information content (AvgIpc) is 2.14. The van der Waals surface area contributed by atoms with Gasteiger partial charge >= 0.3 is 15.6 Å². The molecule has 0 amide bonds. The van der Waals surface area contributed by atoms with Gasteiger partial charge in [0.05, 0.1) is 0 Å².